The molecular weight excluding hydrogens is 366 g/mol. The zero-order valence-electron chi connectivity index (χ0n) is 16.7. The quantitative estimate of drug-likeness (QED) is 0.513. The zero-order valence-corrected chi connectivity index (χ0v) is 16.7. The second kappa shape index (κ2) is 9.09. The molecule has 5 nitrogen and oxygen atoms in total. The highest BCUT2D eigenvalue weighted by molar-refractivity contribution is 5.60. The molecular formula is C24H27NO4. The van der Waals surface area contributed by atoms with Gasteiger partial charge in [-0.3, -0.25) is 0 Å². The van der Waals surface area contributed by atoms with Crippen LogP contribution in [0.4, 0.5) is 0 Å². The van der Waals surface area contributed by atoms with Crippen LogP contribution in [0.2, 0.25) is 0 Å². The van der Waals surface area contributed by atoms with Gasteiger partial charge in [0, 0.05) is 5.56 Å². The molecule has 152 valence electrons. The number of aliphatic hydroxyl groups is 2. The summed E-state index contributed by atoms with van der Waals surface area (Å²) in [5.74, 6) is 1.05. The summed E-state index contributed by atoms with van der Waals surface area (Å²) in [5.41, 5.74) is 7.47. The van der Waals surface area contributed by atoms with Crippen molar-refractivity contribution in [2.45, 2.75) is 17.6 Å². The second-order valence-corrected chi connectivity index (χ2v) is 6.87. The van der Waals surface area contributed by atoms with Gasteiger partial charge in [-0.2, -0.15) is 0 Å². The molecule has 0 saturated heterocycles. The Morgan fingerprint density at radius 3 is 1.83 bits per heavy atom. The van der Waals surface area contributed by atoms with Crippen molar-refractivity contribution in [2.75, 3.05) is 20.8 Å². The minimum absolute atomic E-state index is 0.366. The lowest BCUT2D eigenvalue weighted by Crippen LogP contribution is -2.53. The predicted octanol–water partition coefficient (Wildman–Crippen LogP) is 2.72. The maximum absolute atomic E-state index is 11.6. The first-order valence-electron chi connectivity index (χ1n) is 9.48. The first-order valence-corrected chi connectivity index (χ1v) is 9.48. The standard InChI is InChI=1S/C24H27NO4/c1-28-21-15-9-14-19(22(21)29-2)24(23(27)20(25)16-26,17-10-5-3-6-11-17)18-12-7-4-8-13-18/h3-15,20,23,26-27H,16,25H2,1-2H3/t20-,23?/m1/s1. The number of rotatable bonds is 8. The van der Waals surface area contributed by atoms with Gasteiger partial charge in [0.2, 0.25) is 0 Å². The number of hydrogen-bond acceptors (Lipinski definition) is 5. The van der Waals surface area contributed by atoms with Crippen LogP contribution in [0, 0.1) is 0 Å². The summed E-state index contributed by atoms with van der Waals surface area (Å²) >= 11 is 0. The lowest BCUT2D eigenvalue weighted by molar-refractivity contribution is 0.0676. The molecule has 4 N–H and O–H groups in total. The van der Waals surface area contributed by atoms with Crippen molar-refractivity contribution in [3.05, 3.63) is 95.6 Å². The van der Waals surface area contributed by atoms with Crippen LogP contribution in [0.5, 0.6) is 11.5 Å². The molecule has 5 heteroatoms. The van der Waals surface area contributed by atoms with Gasteiger partial charge >= 0.3 is 0 Å². The number of benzene rings is 3. The van der Waals surface area contributed by atoms with E-state index >= 15 is 0 Å². The molecule has 0 radical (unpaired) electrons. The topological polar surface area (TPSA) is 84.9 Å². The summed E-state index contributed by atoms with van der Waals surface area (Å²) in [6.45, 7) is -0.366. The Bertz CT molecular complexity index is 875. The van der Waals surface area contributed by atoms with Crippen LogP contribution in [0.25, 0.3) is 0 Å². The first-order chi connectivity index (χ1) is 14.1. The smallest absolute Gasteiger partial charge is 0.165 e. The zero-order chi connectivity index (χ0) is 20.9. The van der Waals surface area contributed by atoms with Crippen LogP contribution < -0.4 is 15.2 Å². The Balaban J connectivity index is 2.47. The lowest BCUT2D eigenvalue weighted by Gasteiger charge is -2.42. The minimum Gasteiger partial charge on any atom is -0.493 e. The second-order valence-electron chi connectivity index (χ2n) is 6.87. The van der Waals surface area contributed by atoms with Gasteiger partial charge in [-0.1, -0.05) is 72.8 Å². The molecule has 0 spiro atoms. The number of nitrogens with two attached hydrogens (primary N) is 1. The van der Waals surface area contributed by atoms with Crippen molar-refractivity contribution in [3.8, 4) is 11.5 Å². The summed E-state index contributed by atoms with van der Waals surface area (Å²) in [6.07, 6.45) is -1.14. The van der Waals surface area contributed by atoms with Crippen LogP contribution in [0.3, 0.4) is 0 Å². The minimum atomic E-state index is -1.14. The summed E-state index contributed by atoms with van der Waals surface area (Å²) < 4.78 is 11.3. The SMILES string of the molecule is COc1cccc(C(c2ccccc2)(c2ccccc2)C(O)[C@H](N)CO)c1OC. The molecule has 1 unspecified atom stereocenters. The van der Waals surface area contributed by atoms with Gasteiger partial charge < -0.3 is 25.4 Å². The summed E-state index contributed by atoms with van der Waals surface area (Å²) in [6, 6.07) is 23.9. The van der Waals surface area contributed by atoms with Crippen LogP contribution >= 0.6 is 0 Å². The number of aliphatic hydroxyl groups excluding tert-OH is 2. The van der Waals surface area contributed by atoms with Crippen LogP contribution in [0.1, 0.15) is 16.7 Å². The number of para-hydroxylation sites is 1. The molecule has 0 aliphatic heterocycles. The fourth-order valence-corrected chi connectivity index (χ4v) is 4.00. The third-order valence-corrected chi connectivity index (χ3v) is 5.35. The highest BCUT2D eigenvalue weighted by Gasteiger charge is 2.47. The maximum atomic E-state index is 11.6. The van der Waals surface area contributed by atoms with E-state index in [4.69, 9.17) is 15.2 Å². The monoisotopic (exact) mass is 393 g/mol. The fraction of sp³-hybridized carbons (Fsp3) is 0.250. The van der Waals surface area contributed by atoms with Gasteiger partial charge in [-0.05, 0) is 17.2 Å². The van der Waals surface area contributed by atoms with E-state index in [-0.39, 0.29) is 6.61 Å². The average molecular weight is 393 g/mol. The van der Waals surface area contributed by atoms with E-state index in [1.165, 1.54) is 0 Å². The van der Waals surface area contributed by atoms with Gasteiger partial charge in [0.25, 0.3) is 0 Å². The molecule has 0 aliphatic rings. The summed E-state index contributed by atoms with van der Waals surface area (Å²) in [7, 11) is 3.14. The maximum Gasteiger partial charge on any atom is 0.165 e. The van der Waals surface area contributed by atoms with Gasteiger partial charge in [0.1, 0.15) is 0 Å². The average Bonchev–Trinajstić information content (AvgIpc) is 2.80. The van der Waals surface area contributed by atoms with Gasteiger partial charge in [0.05, 0.1) is 38.4 Å². The van der Waals surface area contributed by atoms with E-state index in [1.807, 2.05) is 72.8 Å². The molecule has 0 fully saturated rings. The normalized spacial score (nSPS) is 13.6. The van der Waals surface area contributed by atoms with Crippen LogP contribution in [0.15, 0.2) is 78.9 Å². The molecule has 0 amide bonds. The number of methoxy groups -OCH3 is 2. The highest BCUT2D eigenvalue weighted by atomic mass is 16.5. The van der Waals surface area contributed by atoms with E-state index < -0.39 is 17.6 Å². The van der Waals surface area contributed by atoms with E-state index in [2.05, 4.69) is 0 Å². The Morgan fingerprint density at radius 2 is 1.38 bits per heavy atom. The van der Waals surface area contributed by atoms with Crippen LogP contribution in [-0.4, -0.2) is 43.2 Å². The fourth-order valence-electron chi connectivity index (χ4n) is 4.00. The molecule has 3 aromatic rings. The Hall–Kier alpha value is -2.86. The number of ether oxygens (including phenoxy) is 2. The number of hydrogen-bond donors (Lipinski definition) is 3. The van der Waals surface area contributed by atoms with Crippen molar-refractivity contribution in [2.24, 2.45) is 5.73 Å². The van der Waals surface area contributed by atoms with Crippen molar-refractivity contribution in [3.63, 3.8) is 0 Å². The molecule has 0 heterocycles. The predicted molar refractivity (Wildman–Crippen MR) is 113 cm³/mol. The third-order valence-electron chi connectivity index (χ3n) is 5.35. The van der Waals surface area contributed by atoms with Crippen molar-refractivity contribution >= 4 is 0 Å². The van der Waals surface area contributed by atoms with E-state index in [9.17, 15) is 10.2 Å². The van der Waals surface area contributed by atoms with E-state index in [0.717, 1.165) is 11.1 Å². The Labute approximate surface area is 171 Å². The lowest BCUT2D eigenvalue weighted by atomic mass is 9.64. The molecule has 0 aliphatic carbocycles. The summed E-state index contributed by atoms with van der Waals surface area (Å²) in [4.78, 5) is 0. The first kappa shape index (κ1) is 20.9. The Kier molecular flexibility index (Phi) is 6.54. The van der Waals surface area contributed by atoms with Crippen LogP contribution in [-0.2, 0) is 5.41 Å². The molecule has 0 aromatic heterocycles. The van der Waals surface area contributed by atoms with E-state index in [1.54, 1.807) is 20.3 Å². The highest BCUT2D eigenvalue weighted by Crippen LogP contribution is 2.49. The summed E-state index contributed by atoms with van der Waals surface area (Å²) in [5, 5.41) is 21.4. The molecule has 3 rings (SSSR count). The van der Waals surface area contributed by atoms with Gasteiger partial charge in [-0.15, -0.1) is 0 Å². The molecule has 2 atom stereocenters. The largest absolute Gasteiger partial charge is 0.493 e. The van der Waals surface area contributed by atoms with E-state index in [0.29, 0.717) is 17.1 Å². The molecule has 3 aromatic carbocycles. The molecule has 0 saturated carbocycles. The molecule has 29 heavy (non-hydrogen) atoms. The van der Waals surface area contributed by atoms with Crippen molar-refractivity contribution in [1.82, 2.24) is 0 Å². The van der Waals surface area contributed by atoms with Gasteiger partial charge in [-0.25, -0.2) is 0 Å². The van der Waals surface area contributed by atoms with Crippen molar-refractivity contribution in [1.29, 1.82) is 0 Å². The Morgan fingerprint density at radius 1 is 0.828 bits per heavy atom. The third kappa shape index (κ3) is 3.60. The molecule has 0 bridgehead atoms. The van der Waals surface area contributed by atoms with Gasteiger partial charge in [0.15, 0.2) is 11.5 Å². The van der Waals surface area contributed by atoms with Crippen molar-refractivity contribution < 1.29 is 19.7 Å².